The van der Waals surface area contributed by atoms with Gasteiger partial charge in [0.1, 0.15) is 5.75 Å². The lowest BCUT2D eigenvalue weighted by molar-refractivity contribution is -0.384. The van der Waals surface area contributed by atoms with E-state index in [9.17, 15) is 14.9 Å². The van der Waals surface area contributed by atoms with Crippen LogP contribution >= 0.6 is 0 Å². The Hall–Kier alpha value is -3.61. The number of benzene rings is 2. The van der Waals surface area contributed by atoms with E-state index in [1.165, 1.54) is 6.07 Å². The fraction of sp³-hybridized carbons (Fsp3) is 0.150. The molecule has 0 aliphatic carbocycles. The quantitative estimate of drug-likeness (QED) is 0.395. The van der Waals surface area contributed by atoms with Crippen LogP contribution in [-0.2, 0) is 4.74 Å². The lowest BCUT2D eigenvalue weighted by atomic mass is 10.1. The zero-order chi connectivity index (χ0) is 19.4. The molecule has 7 nitrogen and oxygen atoms in total. The number of carbonyl (C=O) groups excluding carboxylic acids is 1. The largest absolute Gasteiger partial charge is 0.497 e. The molecule has 0 radical (unpaired) electrons. The molecule has 27 heavy (non-hydrogen) atoms. The first-order chi connectivity index (χ1) is 13.0. The molecule has 1 heterocycles. The number of methoxy groups -OCH3 is 1. The van der Waals surface area contributed by atoms with Crippen molar-refractivity contribution in [3.63, 3.8) is 0 Å². The van der Waals surface area contributed by atoms with Gasteiger partial charge in [0.2, 0.25) is 0 Å². The Balaban J connectivity index is 2.16. The molecule has 0 saturated carbocycles. The molecule has 0 saturated heterocycles. The number of para-hydroxylation sites is 1. The van der Waals surface area contributed by atoms with Gasteiger partial charge in [0.25, 0.3) is 5.69 Å². The predicted molar refractivity (Wildman–Crippen MR) is 101 cm³/mol. The second-order valence-electron chi connectivity index (χ2n) is 5.69. The SMILES string of the molecule is CCOC(=O)c1cc(-c2ccc(OC)cc2)[nH]c1-c1ccccc1[N+](=O)[O-]. The maximum atomic E-state index is 12.4. The van der Waals surface area contributed by atoms with Crippen molar-refractivity contribution in [2.45, 2.75) is 6.92 Å². The first-order valence-corrected chi connectivity index (χ1v) is 8.33. The zero-order valence-corrected chi connectivity index (χ0v) is 14.9. The van der Waals surface area contributed by atoms with Crippen LogP contribution in [0.3, 0.4) is 0 Å². The van der Waals surface area contributed by atoms with Crippen molar-refractivity contribution < 1.29 is 19.2 Å². The fourth-order valence-corrected chi connectivity index (χ4v) is 2.81. The minimum Gasteiger partial charge on any atom is -0.497 e. The fourth-order valence-electron chi connectivity index (χ4n) is 2.81. The maximum absolute atomic E-state index is 12.4. The molecule has 3 rings (SSSR count). The monoisotopic (exact) mass is 366 g/mol. The molecular weight excluding hydrogens is 348 g/mol. The van der Waals surface area contributed by atoms with Gasteiger partial charge < -0.3 is 14.5 Å². The van der Waals surface area contributed by atoms with E-state index in [2.05, 4.69) is 4.98 Å². The first-order valence-electron chi connectivity index (χ1n) is 8.33. The van der Waals surface area contributed by atoms with E-state index >= 15 is 0 Å². The van der Waals surface area contributed by atoms with Crippen molar-refractivity contribution in [3.8, 4) is 28.3 Å². The summed E-state index contributed by atoms with van der Waals surface area (Å²) in [7, 11) is 1.58. The third kappa shape index (κ3) is 3.67. The number of rotatable bonds is 6. The second kappa shape index (κ2) is 7.74. The zero-order valence-electron chi connectivity index (χ0n) is 14.9. The van der Waals surface area contributed by atoms with Gasteiger partial charge in [0.05, 0.1) is 35.5 Å². The third-order valence-electron chi connectivity index (χ3n) is 4.08. The Morgan fingerprint density at radius 2 is 1.85 bits per heavy atom. The smallest absolute Gasteiger partial charge is 0.340 e. The van der Waals surface area contributed by atoms with Crippen molar-refractivity contribution in [3.05, 3.63) is 70.3 Å². The highest BCUT2D eigenvalue weighted by Crippen LogP contribution is 2.35. The van der Waals surface area contributed by atoms with E-state index in [-0.39, 0.29) is 17.9 Å². The van der Waals surface area contributed by atoms with E-state index < -0.39 is 10.9 Å². The van der Waals surface area contributed by atoms with Crippen molar-refractivity contribution in [2.24, 2.45) is 0 Å². The lowest BCUT2D eigenvalue weighted by Gasteiger charge is -2.05. The van der Waals surface area contributed by atoms with Crippen LogP contribution in [0, 0.1) is 10.1 Å². The molecule has 0 aliphatic rings. The molecule has 1 aromatic heterocycles. The molecule has 0 bridgehead atoms. The van der Waals surface area contributed by atoms with E-state index in [1.54, 1.807) is 50.4 Å². The van der Waals surface area contributed by atoms with Gasteiger partial charge in [-0.05, 0) is 48.9 Å². The van der Waals surface area contributed by atoms with Crippen LogP contribution in [0.25, 0.3) is 22.5 Å². The van der Waals surface area contributed by atoms with Gasteiger partial charge in [-0.25, -0.2) is 4.79 Å². The molecule has 2 aromatic carbocycles. The topological polar surface area (TPSA) is 94.5 Å². The van der Waals surface area contributed by atoms with Crippen molar-refractivity contribution in [1.82, 2.24) is 4.98 Å². The number of esters is 1. The number of ether oxygens (including phenoxy) is 2. The molecule has 3 aromatic rings. The van der Waals surface area contributed by atoms with Gasteiger partial charge in [-0.1, -0.05) is 12.1 Å². The van der Waals surface area contributed by atoms with Crippen molar-refractivity contribution in [2.75, 3.05) is 13.7 Å². The minimum absolute atomic E-state index is 0.0915. The number of aromatic nitrogens is 1. The van der Waals surface area contributed by atoms with Gasteiger partial charge >= 0.3 is 5.97 Å². The standard InChI is InChI=1S/C20H18N2O5/c1-3-27-20(23)16-12-17(13-8-10-14(26-2)11-9-13)21-19(16)15-6-4-5-7-18(15)22(24)25/h4-12,21H,3H2,1-2H3. The molecule has 0 atom stereocenters. The van der Waals surface area contributed by atoms with Crippen LogP contribution in [0.5, 0.6) is 5.75 Å². The molecule has 7 heteroatoms. The molecule has 0 amide bonds. The highest BCUT2D eigenvalue weighted by atomic mass is 16.6. The highest BCUT2D eigenvalue weighted by Gasteiger charge is 2.24. The van der Waals surface area contributed by atoms with Crippen molar-refractivity contribution >= 4 is 11.7 Å². The van der Waals surface area contributed by atoms with E-state index in [0.29, 0.717) is 22.7 Å². The van der Waals surface area contributed by atoms with Gasteiger partial charge in [-0.2, -0.15) is 0 Å². The Bertz CT molecular complexity index is 976. The summed E-state index contributed by atoms with van der Waals surface area (Å²) in [5.41, 5.74) is 2.29. The number of hydrogen-bond donors (Lipinski definition) is 1. The average molecular weight is 366 g/mol. The Morgan fingerprint density at radius 3 is 2.48 bits per heavy atom. The van der Waals surface area contributed by atoms with Gasteiger partial charge in [0.15, 0.2) is 0 Å². The van der Waals surface area contributed by atoms with Crippen molar-refractivity contribution in [1.29, 1.82) is 0 Å². The van der Waals surface area contributed by atoms with E-state index in [4.69, 9.17) is 9.47 Å². The third-order valence-corrected chi connectivity index (χ3v) is 4.08. The number of nitro groups is 1. The van der Waals surface area contributed by atoms with Gasteiger partial charge in [-0.15, -0.1) is 0 Å². The van der Waals surface area contributed by atoms with Crippen LogP contribution in [-0.4, -0.2) is 29.6 Å². The average Bonchev–Trinajstić information content (AvgIpc) is 3.13. The normalized spacial score (nSPS) is 10.4. The van der Waals surface area contributed by atoms with Crippen LogP contribution in [0.2, 0.25) is 0 Å². The number of carbonyl (C=O) groups is 1. The summed E-state index contributed by atoms with van der Waals surface area (Å²) in [6.45, 7) is 1.91. The molecule has 0 aliphatic heterocycles. The lowest BCUT2D eigenvalue weighted by Crippen LogP contribution is -2.05. The summed E-state index contributed by atoms with van der Waals surface area (Å²) in [6.07, 6.45) is 0. The summed E-state index contributed by atoms with van der Waals surface area (Å²) in [6, 6.07) is 15.2. The predicted octanol–water partition coefficient (Wildman–Crippen LogP) is 4.44. The number of H-pyrrole nitrogens is 1. The first kappa shape index (κ1) is 18.2. The Morgan fingerprint density at radius 1 is 1.15 bits per heavy atom. The summed E-state index contributed by atoms with van der Waals surface area (Å²) < 4.78 is 10.3. The highest BCUT2D eigenvalue weighted by molar-refractivity contribution is 5.99. The number of hydrogen-bond acceptors (Lipinski definition) is 5. The molecule has 138 valence electrons. The van der Waals surface area contributed by atoms with Crippen LogP contribution in [0.4, 0.5) is 5.69 Å². The summed E-state index contributed by atoms with van der Waals surface area (Å²) >= 11 is 0. The van der Waals surface area contributed by atoms with Gasteiger partial charge in [0, 0.05) is 11.8 Å². The minimum atomic E-state index is -0.540. The summed E-state index contributed by atoms with van der Waals surface area (Å²) in [5.74, 6) is 0.163. The van der Waals surface area contributed by atoms with Crippen LogP contribution < -0.4 is 4.74 Å². The van der Waals surface area contributed by atoms with Gasteiger partial charge in [-0.3, -0.25) is 10.1 Å². The second-order valence-corrected chi connectivity index (χ2v) is 5.69. The Labute approximate surface area is 155 Å². The van der Waals surface area contributed by atoms with Crippen LogP contribution in [0.15, 0.2) is 54.6 Å². The summed E-state index contributed by atoms with van der Waals surface area (Å²) in [4.78, 5) is 26.5. The molecule has 0 spiro atoms. The van der Waals surface area contributed by atoms with Crippen LogP contribution in [0.1, 0.15) is 17.3 Å². The molecule has 0 fully saturated rings. The number of nitro benzene ring substituents is 1. The molecule has 1 N–H and O–H groups in total. The molecule has 0 unspecified atom stereocenters. The number of aromatic amines is 1. The molecular formula is C20H18N2O5. The van der Waals surface area contributed by atoms with E-state index in [1.807, 2.05) is 12.1 Å². The van der Waals surface area contributed by atoms with E-state index in [0.717, 1.165) is 5.56 Å². The maximum Gasteiger partial charge on any atom is 0.340 e. The Kier molecular flexibility index (Phi) is 5.21. The summed E-state index contributed by atoms with van der Waals surface area (Å²) in [5, 5.41) is 11.4. The number of nitrogens with one attached hydrogen (secondary N) is 1. The number of nitrogens with zero attached hydrogens (tertiary/aromatic N) is 1.